The number of rotatable bonds is 3. The summed E-state index contributed by atoms with van der Waals surface area (Å²) in [5.74, 6) is 0. The predicted octanol–water partition coefficient (Wildman–Crippen LogP) is 2.64. The Labute approximate surface area is 121 Å². The third-order valence-electron chi connectivity index (χ3n) is 3.93. The second-order valence-corrected chi connectivity index (χ2v) is 6.27. The molecule has 0 spiro atoms. The van der Waals surface area contributed by atoms with Crippen molar-refractivity contribution in [3.05, 3.63) is 35.9 Å². The van der Waals surface area contributed by atoms with E-state index in [1.165, 1.54) is 0 Å². The minimum absolute atomic E-state index is 0.0682. The number of likely N-dealkylation sites (tertiary alicyclic amines) is 1. The highest BCUT2D eigenvalue weighted by Crippen LogP contribution is 2.28. The van der Waals surface area contributed by atoms with Crippen LogP contribution in [-0.2, 0) is 11.3 Å². The van der Waals surface area contributed by atoms with Gasteiger partial charge in [-0.3, -0.25) is 0 Å². The number of carbonyl (C=O) groups excluding carboxylic acids is 1. The second-order valence-electron chi connectivity index (χ2n) is 6.27. The molecule has 1 saturated heterocycles. The van der Waals surface area contributed by atoms with Crippen LogP contribution in [0.2, 0.25) is 0 Å². The molecule has 0 aromatic heterocycles. The number of amides is 1. The van der Waals surface area contributed by atoms with Crippen molar-refractivity contribution in [1.82, 2.24) is 10.2 Å². The molecule has 4 nitrogen and oxygen atoms in total. The molecule has 0 aliphatic carbocycles. The fourth-order valence-electron chi connectivity index (χ4n) is 2.80. The highest BCUT2D eigenvalue weighted by Gasteiger charge is 2.35. The number of ether oxygens (including phenoxy) is 1. The standard InChI is InChI=1S/C16H24N2O2/c1-16(2)12-18(3)10-9-14(16)17-15(19)20-11-13-7-5-4-6-8-13/h4-8,14H,9-12H2,1-3H3,(H,17,19). The van der Waals surface area contributed by atoms with Gasteiger partial charge in [0.15, 0.2) is 0 Å². The predicted molar refractivity (Wildman–Crippen MR) is 79.4 cm³/mol. The lowest BCUT2D eigenvalue weighted by atomic mass is 9.79. The molecule has 1 heterocycles. The van der Waals surface area contributed by atoms with Crippen molar-refractivity contribution in [2.75, 3.05) is 20.1 Å². The van der Waals surface area contributed by atoms with Crippen molar-refractivity contribution in [2.24, 2.45) is 5.41 Å². The lowest BCUT2D eigenvalue weighted by Gasteiger charge is -2.42. The molecule has 1 N–H and O–H groups in total. The van der Waals surface area contributed by atoms with E-state index in [1.54, 1.807) is 0 Å². The lowest BCUT2D eigenvalue weighted by molar-refractivity contribution is 0.0806. The first-order valence-corrected chi connectivity index (χ1v) is 7.13. The van der Waals surface area contributed by atoms with Crippen LogP contribution in [0.1, 0.15) is 25.8 Å². The molecule has 1 amide bonds. The normalized spacial score (nSPS) is 22.2. The van der Waals surface area contributed by atoms with Crippen molar-refractivity contribution in [3.8, 4) is 0 Å². The summed E-state index contributed by atoms with van der Waals surface area (Å²) in [6.45, 7) is 6.68. The molecule has 1 aliphatic rings. The zero-order valence-electron chi connectivity index (χ0n) is 12.6. The van der Waals surface area contributed by atoms with Gasteiger partial charge in [-0.1, -0.05) is 44.2 Å². The van der Waals surface area contributed by atoms with Gasteiger partial charge in [0.1, 0.15) is 6.61 Å². The third-order valence-corrected chi connectivity index (χ3v) is 3.93. The van der Waals surface area contributed by atoms with E-state index < -0.39 is 0 Å². The molecule has 1 aromatic carbocycles. The maximum absolute atomic E-state index is 11.9. The van der Waals surface area contributed by atoms with Gasteiger partial charge < -0.3 is 15.0 Å². The Hall–Kier alpha value is -1.55. The molecule has 1 aromatic rings. The average molecular weight is 276 g/mol. The quantitative estimate of drug-likeness (QED) is 0.922. The SMILES string of the molecule is CN1CCC(NC(=O)OCc2ccccc2)C(C)(C)C1. The van der Waals surface area contributed by atoms with Gasteiger partial charge in [-0.25, -0.2) is 4.79 Å². The van der Waals surface area contributed by atoms with Crippen LogP contribution < -0.4 is 5.32 Å². The van der Waals surface area contributed by atoms with Crippen molar-refractivity contribution in [3.63, 3.8) is 0 Å². The molecule has 0 bridgehead atoms. The largest absolute Gasteiger partial charge is 0.445 e. The fourth-order valence-corrected chi connectivity index (χ4v) is 2.80. The molecule has 0 saturated carbocycles. The first-order valence-electron chi connectivity index (χ1n) is 7.13. The van der Waals surface area contributed by atoms with Crippen LogP contribution in [0.3, 0.4) is 0 Å². The van der Waals surface area contributed by atoms with Gasteiger partial charge in [0.2, 0.25) is 0 Å². The average Bonchev–Trinajstić information content (AvgIpc) is 2.40. The molecule has 20 heavy (non-hydrogen) atoms. The van der Waals surface area contributed by atoms with Gasteiger partial charge in [0.05, 0.1) is 0 Å². The van der Waals surface area contributed by atoms with Gasteiger partial charge >= 0.3 is 6.09 Å². The Bertz CT molecular complexity index is 445. The Kier molecular flexibility index (Phi) is 4.65. The van der Waals surface area contributed by atoms with E-state index >= 15 is 0 Å². The summed E-state index contributed by atoms with van der Waals surface area (Å²) < 4.78 is 5.29. The third kappa shape index (κ3) is 3.97. The van der Waals surface area contributed by atoms with Gasteiger partial charge in [-0.15, -0.1) is 0 Å². The van der Waals surface area contributed by atoms with Crippen LogP contribution in [0.25, 0.3) is 0 Å². The summed E-state index contributed by atoms with van der Waals surface area (Å²) in [4.78, 5) is 14.2. The van der Waals surface area contributed by atoms with Crippen LogP contribution in [-0.4, -0.2) is 37.2 Å². The van der Waals surface area contributed by atoms with E-state index in [4.69, 9.17) is 4.74 Å². The number of piperidine rings is 1. The van der Waals surface area contributed by atoms with E-state index in [2.05, 4.69) is 31.1 Å². The van der Waals surface area contributed by atoms with E-state index in [0.29, 0.717) is 6.61 Å². The number of benzene rings is 1. The number of carbonyl (C=O) groups is 1. The van der Waals surface area contributed by atoms with Crippen molar-refractivity contribution >= 4 is 6.09 Å². The zero-order valence-corrected chi connectivity index (χ0v) is 12.6. The molecule has 4 heteroatoms. The number of nitrogens with one attached hydrogen (secondary N) is 1. The minimum atomic E-state index is -0.323. The molecule has 1 fully saturated rings. The van der Waals surface area contributed by atoms with Crippen molar-refractivity contribution in [1.29, 1.82) is 0 Å². The summed E-state index contributed by atoms with van der Waals surface area (Å²) in [5, 5.41) is 3.01. The maximum atomic E-state index is 11.9. The highest BCUT2D eigenvalue weighted by molar-refractivity contribution is 5.67. The molecule has 0 radical (unpaired) electrons. The summed E-state index contributed by atoms with van der Waals surface area (Å²) in [6, 6.07) is 9.90. The lowest BCUT2D eigenvalue weighted by Crippen LogP contribution is -2.54. The Morgan fingerprint density at radius 1 is 1.40 bits per heavy atom. The van der Waals surface area contributed by atoms with E-state index in [0.717, 1.165) is 25.1 Å². The summed E-state index contributed by atoms with van der Waals surface area (Å²) >= 11 is 0. The number of hydrogen-bond acceptors (Lipinski definition) is 3. The topological polar surface area (TPSA) is 41.6 Å². The van der Waals surface area contributed by atoms with Crippen LogP contribution >= 0.6 is 0 Å². The second kappa shape index (κ2) is 6.27. The van der Waals surface area contributed by atoms with Crippen LogP contribution in [0.4, 0.5) is 4.79 Å². The monoisotopic (exact) mass is 276 g/mol. The van der Waals surface area contributed by atoms with Gasteiger partial charge in [0.25, 0.3) is 0 Å². The summed E-state index contributed by atoms with van der Waals surface area (Å²) in [6.07, 6.45) is 0.640. The van der Waals surface area contributed by atoms with Gasteiger partial charge in [0, 0.05) is 12.6 Å². The first kappa shape index (κ1) is 14.9. The molecular weight excluding hydrogens is 252 g/mol. The Morgan fingerprint density at radius 2 is 2.10 bits per heavy atom. The number of hydrogen-bond donors (Lipinski definition) is 1. The molecule has 2 rings (SSSR count). The molecule has 110 valence electrons. The van der Waals surface area contributed by atoms with E-state index in [-0.39, 0.29) is 17.6 Å². The van der Waals surface area contributed by atoms with Gasteiger partial charge in [-0.05, 0) is 31.0 Å². The molecule has 1 atom stereocenters. The molecular formula is C16H24N2O2. The Balaban J connectivity index is 1.82. The van der Waals surface area contributed by atoms with E-state index in [9.17, 15) is 4.79 Å². The minimum Gasteiger partial charge on any atom is -0.445 e. The van der Waals surface area contributed by atoms with Crippen LogP contribution in [0.5, 0.6) is 0 Å². The highest BCUT2D eigenvalue weighted by atomic mass is 16.5. The summed E-state index contributed by atoms with van der Waals surface area (Å²) in [5.41, 5.74) is 1.07. The van der Waals surface area contributed by atoms with E-state index in [1.807, 2.05) is 30.3 Å². The maximum Gasteiger partial charge on any atom is 0.407 e. The molecule has 1 aliphatic heterocycles. The number of alkyl carbamates (subject to hydrolysis) is 1. The summed E-state index contributed by atoms with van der Waals surface area (Å²) in [7, 11) is 2.12. The van der Waals surface area contributed by atoms with Crippen molar-refractivity contribution < 1.29 is 9.53 Å². The van der Waals surface area contributed by atoms with Crippen LogP contribution in [0.15, 0.2) is 30.3 Å². The number of nitrogens with zero attached hydrogens (tertiary/aromatic N) is 1. The first-order chi connectivity index (χ1) is 9.47. The van der Waals surface area contributed by atoms with Crippen LogP contribution in [0, 0.1) is 5.41 Å². The fraction of sp³-hybridized carbons (Fsp3) is 0.562. The molecule has 1 unspecified atom stereocenters. The zero-order chi connectivity index (χ0) is 14.6. The smallest absolute Gasteiger partial charge is 0.407 e. The van der Waals surface area contributed by atoms with Gasteiger partial charge in [-0.2, -0.15) is 0 Å². The van der Waals surface area contributed by atoms with Crippen molar-refractivity contribution in [2.45, 2.75) is 32.9 Å². The Morgan fingerprint density at radius 3 is 2.75 bits per heavy atom.